The topological polar surface area (TPSA) is 64.3 Å². The molecule has 0 radical (unpaired) electrons. The molecule has 0 saturated carbocycles. The van der Waals surface area contributed by atoms with Gasteiger partial charge in [-0.1, -0.05) is 22.0 Å². The van der Waals surface area contributed by atoms with Crippen LogP contribution in [-0.4, -0.2) is 12.5 Å². The largest absolute Gasteiger partial charge is 0.483 e. The summed E-state index contributed by atoms with van der Waals surface area (Å²) < 4.78 is 6.47. The molecule has 0 fully saturated rings. The molecule has 0 spiro atoms. The van der Waals surface area contributed by atoms with Crippen LogP contribution < -0.4 is 15.8 Å². The summed E-state index contributed by atoms with van der Waals surface area (Å²) in [5.74, 6) is 0.467. The number of ether oxygens (including phenoxy) is 1. The maximum atomic E-state index is 11.8. The van der Waals surface area contributed by atoms with Gasteiger partial charge in [-0.25, -0.2) is 0 Å². The molecule has 1 amide bonds. The molecule has 0 heterocycles. The van der Waals surface area contributed by atoms with E-state index in [4.69, 9.17) is 10.5 Å². The lowest BCUT2D eigenvalue weighted by Gasteiger charge is -2.10. The summed E-state index contributed by atoms with van der Waals surface area (Å²) >= 11 is 3.38. The van der Waals surface area contributed by atoms with E-state index < -0.39 is 0 Å². The molecule has 2 rings (SSSR count). The summed E-state index contributed by atoms with van der Waals surface area (Å²) in [6, 6.07) is 12.7. The summed E-state index contributed by atoms with van der Waals surface area (Å²) in [4.78, 5) is 11.8. The molecular weight excluding hydrogens is 320 g/mol. The Labute approximate surface area is 126 Å². The second-order valence-electron chi connectivity index (χ2n) is 4.37. The van der Waals surface area contributed by atoms with Crippen LogP contribution in [-0.2, 0) is 4.79 Å². The van der Waals surface area contributed by atoms with Gasteiger partial charge >= 0.3 is 0 Å². The van der Waals surface area contributed by atoms with Gasteiger partial charge < -0.3 is 15.8 Å². The van der Waals surface area contributed by atoms with Gasteiger partial charge in [-0.05, 0) is 48.9 Å². The molecule has 0 aliphatic rings. The fourth-order valence-corrected chi connectivity index (χ4v) is 2.21. The van der Waals surface area contributed by atoms with Gasteiger partial charge in [-0.15, -0.1) is 0 Å². The summed E-state index contributed by atoms with van der Waals surface area (Å²) in [5.41, 5.74) is 7.88. The Kier molecular flexibility index (Phi) is 4.63. The zero-order valence-corrected chi connectivity index (χ0v) is 12.6. The number of aryl methyl sites for hydroxylation is 1. The van der Waals surface area contributed by atoms with Gasteiger partial charge in [0.25, 0.3) is 5.91 Å². The third kappa shape index (κ3) is 3.99. The Hall–Kier alpha value is -2.01. The Bertz CT molecular complexity index is 629. The van der Waals surface area contributed by atoms with Gasteiger partial charge in [0.2, 0.25) is 0 Å². The van der Waals surface area contributed by atoms with Crippen molar-refractivity contribution in [2.75, 3.05) is 17.7 Å². The van der Waals surface area contributed by atoms with Crippen LogP contribution in [0.25, 0.3) is 0 Å². The summed E-state index contributed by atoms with van der Waals surface area (Å²) in [7, 11) is 0. The van der Waals surface area contributed by atoms with Gasteiger partial charge in [-0.2, -0.15) is 0 Å². The zero-order chi connectivity index (χ0) is 14.5. The minimum absolute atomic E-state index is 0.0444. The smallest absolute Gasteiger partial charge is 0.262 e. The molecule has 2 aromatic rings. The van der Waals surface area contributed by atoms with Crippen molar-refractivity contribution in [3.05, 3.63) is 52.5 Å². The Morgan fingerprint density at radius 2 is 2.10 bits per heavy atom. The molecule has 5 heteroatoms. The molecule has 0 atom stereocenters. The molecule has 20 heavy (non-hydrogen) atoms. The third-order valence-corrected chi connectivity index (χ3v) is 3.16. The van der Waals surface area contributed by atoms with E-state index in [0.29, 0.717) is 17.1 Å². The number of rotatable bonds is 4. The number of benzene rings is 2. The van der Waals surface area contributed by atoms with Crippen LogP contribution in [0.4, 0.5) is 11.4 Å². The van der Waals surface area contributed by atoms with E-state index in [9.17, 15) is 4.79 Å². The van der Waals surface area contributed by atoms with Crippen molar-refractivity contribution < 1.29 is 9.53 Å². The number of carbonyl (C=O) groups is 1. The van der Waals surface area contributed by atoms with Gasteiger partial charge in [0, 0.05) is 15.8 Å². The second kappa shape index (κ2) is 6.43. The van der Waals surface area contributed by atoms with E-state index in [-0.39, 0.29) is 12.5 Å². The van der Waals surface area contributed by atoms with E-state index in [1.54, 1.807) is 24.3 Å². The zero-order valence-electron chi connectivity index (χ0n) is 11.0. The minimum atomic E-state index is -0.224. The Balaban J connectivity index is 1.92. The highest BCUT2D eigenvalue weighted by Gasteiger charge is 2.06. The van der Waals surface area contributed by atoms with Crippen LogP contribution in [0.3, 0.4) is 0 Å². The van der Waals surface area contributed by atoms with Crippen LogP contribution in [0.15, 0.2) is 46.9 Å². The molecule has 0 aliphatic heterocycles. The summed E-state index contributed by atoms with van der Waals surface area (Å²) in [5, 5.41) is 2.73. The van der Waals surface area contributed by atoms with Crippen molar-refractivity contribution in [3.63, 3.8) is 0 Å². The van der Waals surface area contributed by atoms with Crippen LogP contribution in [0.5, 0.6) is 5.75 Å². The molecule has 0 saturated heterocycles. The molecule has 2 aromatic carbocycles. The first-order valence-corrected chi connectivity index (χ1v) is 6.88. The van der Waals surface area contributed by atoms with Gasteiger partial charge in [0.1, 0.15) is 5.75 Å². The normalized spacial score (nSPS) is 10.1. The Morgan fingerprint density at radius 1 is 1.30 bits per heavy atom. The number of carbonyl (C=O) groups excluding carboxylic acids is 1. The molecule has 0 unspecified atom stereocenters. The van der Waals surface area contributed by atoms with Crippen molar-refractivity contribution in [3.8, 4) is 5.75 Å². The number of amides is 1. The maximum Gasteiger partial charge on any atom is 0.262 e. The van der Waals surface area contributed by atoms with Crippen molar-refractivity contribution in [2.24, 2.45) is 0 Å². The predicted octanol–water partition coefficient (Wildman–Crippen LogP) is 3.36. The van der Waals surface area contributed by atoms with Crippen LogP contribution in [0.2, 0.25) is 0 Å². The fourth-order valence-electron chi connectivity index (χ4n) is 1.73. The van der Waals surface area contributed by atoms with Crippen LogP contribution >= 0.6 is 15.9 Å². The molecule has 0 aromatic heterocycles. The number of halogens is 1. The average molecular weight is 335 g/mol. The monoisotopic (exact) mass is 334 g/mol. The first kappa shape index (κ1) is 14.4. The molecule has 0 bridgehead atoms. The van der Waals surface area contributed by atoms with Crippen molar-refractivity contribution in [1.82, 2.24) is 0 Å². The van der Waals surface area contributed by atoms with Crippen LogP contribution in [0.1, 0.15) is 5.56 Å². The number of anilines is 2. The molecule has 4 nitrogen and oxygen atoms in total. The van der Waals surface area contributed by atoms with E-state index in [0.717, 1.165) is 10.0 Å². The Morgan fingerprint density at radius 3 is 2.80 bits per heavy atom. The predicted molar refractivity (Wildman–Crippen MR) is 83.9 cm³/mol. The molecule has 104 valence electrons. The lowest BCUT2D eigenvalue weighted by molar-refractivity contribution is -0.118. The van der Waals surface area contributed by atoms with Crippen molar-refractivity contribution >= 4 is 33.2 Å². The number of nitrogens with one attached hydrogen (secondary N) is 1. The van der Waals surface area contributed by atoms with Gasteiger partial charge in [0.05, 0.1) is 0 Å². The average Bonchev–Trinajstić information content (AvgIpc) is 2.37. The van der Waals surface area contributed by atoms with Gasteiger partial charge in [0.15, 0.2) is 6.61 Å². The van der Waals surface area contributed by atoms with Gasteiger partial charge in [-0.3, -0.25) is 4.79 Å². The van der Waals surface area contributed by atoms with E-state index in [2.05, 4.69) is 21.2 Å². The summed E-state index contributed by atoms with van der Waals surface area (Å²) in [6.07, 6.45) is 0. The third-order valence-electron chi connectivity index (χ3n) is 2.67. The van der Waals surface area contributed by atoms with Crippen molar-refractivity contribution in [2.45, 2.75) is 6.92 Å². The molecular formula is C15H15BrN2O2. The number of nitrogens with two attached hydrogens (primary N) is 1. The van der Waals surface area contributed by atoms with E-state index >= 15 is 0 Å². The first-order valence-electron chi connectivity index (χ1n) is 6.09. The number of hydrogen-bond acceptors (Lipinski definition) is 3. The minimum Gasteiger partial charge on any atom is -0.483 e. The highest BCUT2D eigenvalue weighted by Crippen LogP contribution is 2.22. The second-order valence-corrected chi connectivity index (χ2v) is 5.29. The van der Waals surface area contributed by atoms with E-state index in [1.165, 1.54) is 0 Å². The molecule has 0 aliphatic carbocycles. The highest BCUT2D eigenvalue weighted by atomic mass is 79.9. The quantitative estimate of drug-likeness (QED) is 0.842. The van der Waals surface area contributed by atoms with E-state index in [1.807, 2.05) is 25.1 Å². The summed E-state index contributed by atoms with van der Waals surface area (Å²) in [6.45, 7) is 1.88. The maximum absolute atomic E-state index is 11.8. The SMILES string of the molecule is Cc1cc(Br)ccc1OCC(=O)Nc1cccc(N)c1. The molecule has 3 N–H and O–H groups in total. The highest BCUT2D eigenvalue weighted by molar-refractivity contribution is 9.10. The lowest BCUT2D eigenvalue weighted by atomic mass is 10.2. The number of hydrogen-bond donors (Lipinski definition) is 2. The van der Waals surface area contributed by atoms with Crippen LogP contribution in [0, 0.1) is 6.92 Å². The number of nitrogen functional groups attached to an aromatic ring is 1. The first-order chi connectivity index (χ1) is 9.54. The standard InChI is InChI=1S/C15H15BrN2O2/c1-10-7-11(16)5-6-14(10)20-9-15(19)18-13-4-2-3-12(17)8-13/h2-8H,9,17H2,1H3,(H,18,19). The van der Waals surface area contributed by atoms with Crippen molar-refractivity contribution in [1.29, 1.82) is 0 Å². The fraction of sp³-hybridized carbons (Fsp3) is 0.133. The lowest BCUT2D eigenvalue weighted by Crippen LogP contribution is -2.20.